The van der Waals surface area contributed by atoms with E-state index in [1.807, 2.05) is 13.8 Å². The molecule has 0 bridgehead atoms. The number of nitrogens with zero attached hydrogens (tertiary/aromatic N) is 1. The molecule has 1 unspecified atom stereocenters. The molecule has 0 aromatic heterocycles. The third-order valence-corrected chi connectivity index (χ3v) is 5.71. The molecule has 3 heteroatoms. The summed E-state index contributed by atoms with van der Waals surface area (Å²) in [6, 6.07) is 0. The number of unbranched alkanes of at least 4 members (excludes halogenated alkanes) is 1. The SMILES string of the molecule is C=C1NCCC/C1=C/C=C(\C)CCCCN(CCOC)CCC(C)C(=C)C.C=CC=C.CC. The molecule has 1 saturated heterocycles. The van der Waals surface area contributed by atoms with Crippen LogP contribution >= 0.6 is 0 Å². The van der Waals surface area contributed by atoms with Gasteiger partial charge in [0.25, 0.3) is 0 Å². The molecule has 1 fully saturated rings. The van der Waals surface area contributed by atoms with Crippen LogP contribution in [-0.4, -0.2) is 44.8 Å². The van der Waals surface area contributed by atoms with Crippen LogP contribution in [0.2, 0.25) is 0 Å². The molecule has 0 aromatic rings. The van der Waals surface area contributed by atoms with Gasteiger partial charge in [-0.1, -0.05) is 82.5 Å². The minimum absolute atomic E-state index is 0.595. The maximum atomic E-state index is 5.28. The Morgan fingerprint density at radius 3 is 2.33 bits per heavy atom. The Hall–Kier alpha value is -1.84. The van der Waals surface area contributed by atoms with Gasteiger partial charge < -0.3 is 15.0 Å². The van der Waals surface area contributed by atoms with Gasteiger partial charge in [-0.3, -0.25) is 0 Å². The second-order valence-corrected chi connectivity index (χ2v) is 8.51. The molecular formula is C30H54N2O. The van der Waals surface area contributed by atoms with Crippen molar-refractivity contribution in [3.05, 3.63) is 73.0 Å². The first kappa shape index (κ1) is 33.3. The minimum Gasteiger partial charge on any atom is -0.385 e. The molecule has 3 nitrogen and oxygen atoms in total. The molecular weight excluding hydrogens is 404 g/mol. The molecule has 33 heavy (non-hydrogen) atoms. The third kappa shape index (κ3) is 19.3. The van der Waals surface area contributed by atoms with Crippen molar-refractivity contribution in [3.8, 4) is 0 Å². The van der Waals surface area contributed by atoms with Gasteiger partial charge in [0.2, 0.25) is 0 Å². The van der Waals surface area contributed by atoms with Gasteiger partial charge in [0.1, 0.15) is 0 Å². The first-order valence-corrected chi connectivity index (χ1v) is 12.7. The smallest absolute Gasteiger partial charge is 0.0589 e. The van der Waals surface area contributed by atoms with Crippen LogP contribution in [0.25, 0.3) is 0 Å². The molecule has 1 aliphatic rings. The lowest BCUT2D eigenvalue weighted by Crippen LogP contribution is -2.30. The van der Waals surface area contributed by atoms with Crippen LogP contribution in [0.5, 0.6) is 0 Å². The molecule has 0 aliphatic carbocycles. The molecule has 0 amide bonds. The molecule has 1 aliphatic heterocycles. The van der Waals surface area contributed by atoms with Gasteiger partial charge in [-0.2, -0.15) is 0 Å². The zero-order valence-electron chi connectivity index (χ0n) is 22.8. The molecule has 0 aromatic carbocycles. The summed E-state index contributed by atoms with van der Waals surface area (Å²) in [5.74, 6) is 0.595. The fourth-order valence-electron chi connectivity index (χ4n) is 3.21. The van der Waals surface area contributed by atoms with Crippen molar-refractivity contribution in [1.82, 2.24) is 10.2 Å². The van der Waals surface area contributed by atoms with Crippen LogP contribution in [0.4, 0.5) is 0 Å². The Morgan fingerprint density at radius 2 is 1.79 bits per heavy atom. The average Bonchev–Trinajstić information content (AvgIpc) is 2.83. The topological polar surface area (TPSA) is 24.5 Å². The quantitative estimate of drug-likeness (QED) is 0.163. The molecule has 0 radical (unpaired) electrons. The minimum atomic E-state index is 0.595. The van der Waals surface area contributed by atoms with E-state index in [9.17, 15) is 0 Å². The van der Waals surface area contributed by atoms with Crippen molar-refractivity contribution < 1.29 is 4.74 Å². The summed E-state index contributed by atoms with van der Waals surface area (Å²) in [6.45, 7) is 30.7. The van der Waals surface area contributed by atoms with Gasteiger partial charge in [-0.05, 0) is 77.0 Å². The number of allylic oxidation sites excluding steroid dienone is 7. The summed E-state index contributed by atoms with van der Waals surface area (Å²) in [4.78, 5) is 2.54. The number of rotatable bonds is 14. The zero-order valence-corrected chi connectivity index (χ0v) is 22.8. The highest BCUT2D eigenvalue weighted by molar-refractivity contribution is 5.32. The number of hydrogen-bond donors (Lipinski definition) is 1. The molecule has 1 rings (SSSR count). The van der Waals surface area contributed by atoms with Gasteiger partial charge in [-0.25, -0.2) is 0 Å². The summed E-state index contributed by atoms with van der Waals surface area (Å²) in [6.07, 6.45) is 15.0. The fraction of sp³-hybridized carbons (Fsp3) is 0.600. The summed E-state index contributed by atoms with van der Waals surface area (Å²) in [5, 5.41) is 3.35. The van der Waals surface area contributed by atoms with E-state index in [1.54, 1.807) is 19.3 Å². The lowest BCUT2D eigenvalue weighted by molar-refractivity contribution is 0.143. The molecule has 0 spiro atoms. The van der Waals surface area contributed by atoms with E-state index in [0.29, 0.717) is 5.92 Å². The number of ether oxygens (including phenoxy) is 1. The van der Waals surface area contributed by atoms with E-state index >= 15 is 0 Å². The third-order valence-electron chi connectivity index (χ3n) is 5.71. The standard InChI is InChI=1S/C24H42N2O.C4H6.C2H6/c1-20(2)22(4)14-17-26(18-19-27-6)16-8-7-10-21(3)12-13-24-11-9-15-25-23(24)5;1-3-4-2;1-2/h12-13,22,25H,1,5,7-11,14-19H2,2-4,6H3;3-4H,1-2H2;1-2H3/b21-12+,24-13-;;. The lowest BCUT2D eigenvalue weighted by Gasteiger charge is -2.24. The first-order chi connectivity index (χ1) is 15.8. The average molecular weight is 459 g/mol. The predicted molar refractivity (Wildman–Crippen MR) is 151 cm³/mol. The Bertz CT molecular complexity index is 594. The van der Waals surface area contributed by atoms with Crippen molar-refractivity contribution in [3.63, 3.8) is 0 Å². The Balaban J connectivity index is 0. The van der Waals surface area contributed by atoms with Gasteiger partial charge >= 0.3 is 0 Å². The van der Waals surface area contributed by atoms with Gasteiger partial charge in [0, 0.05) is 25.9 Å². The van der Waals surface area contributed by atoms with Crippen LogP contribution in [0.1, 0.15) is 73.1 Å². The van der Waals surface area contributed by atoms with Crippen molar-refractivity contribution >= 4 is 0 Å². The van der Waals surface area contributed by atoms with E-state index in [2.05, 4.69) is 69.5 Å². The summed E-state index contributed by atoms with van der Waals surface area (Å²) < 4.78 is 5.28. The number of methoxy groups -OCH3 is 1. The Morgan fingerprint density at radius 1 is 1.12 bits per heavy atom. The normalized spacial score (nSPS) is 15.5. The highest BCUT2D eigenvalue weighted by atomic mass is 16.5. The van der Waals surface area contributed by atoms with Crippen molar-refractivity contribution in [1.29, 1.82) is 0 Å². The Kier molecular flexibility index (Phi) is 23.6. The number of piperidine rings is 1. The van der Waals surface area contributed by atoms with Crippen molar-refractivity contribution in [2.24, 2.45) is 5.92 Å². The van der Waals surface area contributed by atoms with E-state index in [-0.39, 0.29) is 0 Å². The fourth-order valence-corrected chi connectivity index (χ4v) is 3.21. The second kappa shape index (κ2) is 23.3. The van der Waals surface area contributed by atoms with E-state index in [0.717, 1.165) is 44.9 Å². The van der Waals surface area contributed by atoms with Crippen LogP contribution in [0.3, 0.4) is 0 Å². The monoisotopic (exact) mass is 458 g/mol. The number of nitrogens with one attached hydrogen (secondary N) is 1. The van der Waals surface area contributed by atoms with Crippen LogP contribution in [0.15, 0.2) is 73.0 Å². The highest BCUT2D eigenvalue weighted by Crippen LogP contribution is 2.18. The number of hydrogen-bond acceptors (Lipinski definition) is 3. The Labute approximate surface area is 207 Å². The van der Waals surface area contributed by atoms with Gasteiger partial charge in [-0.15, -0.1) is 0 Å². The molecule has 1 atom stereocenters. The van der Waals surface area contributed by atoms with Crippen LogP contribution in [0, 0.1) is 5.92 Å². The first-order valence-electron chi connectivity index (χ1n) is 12.7. The molecule has 1 N–H and O–H groups in total. The zero-order chi connectivity index (χ0) is 25.5. The summed E-state index contributed by atoms with van der Waals surface area (Å²) in [5.41, 5.74) is 5.20. The summed E-state index contributed by atoms with van der Waals surface area (Å²) >= 11 is 0. The highest BCUT2D eigenvalue weighted by Gasteiger charge is 2.09. The summed E-state index contributed by atoms with van der Waals surface area (Å²) in [7, 11) is 1.79. The van der Waals surface area contributed by atoms with E-state index in [1.165, 1.54) is 48.8 Å². The molecule has 190 valence electrons. The molecule has 1 heterocycles. The van der Waals surface area contributed by atoms with E-state index in [4.69, 9.17) is 4.74 Å². The van der Waals surface area contributed by atoms with Crippen LogP contribution in [-0.2, 0) is 4.74 Å². The van der Waals surface area contributed by atoms with Crippen LogP contribution < -0.4 is 5.32 Å². The van der Waals surface area contributed by atoms with Crippen molar-refractivity contribution in [2.45, 2.75) is 73.1 Å². The second-order valence-electron chi connectivity index (χ2n) is 8.51. The largest absolute Gasteiger partial charge is 0.385 e. The van der Waals surface area contributed by atoms with E-state index < -0.39 is 0 Å². The maximum Gasteiger partial charge on any atom is 0.0589 e. The predicted octanol–water partition coefficient (Wildman–Crippen LogP) is 7.86. The van der Waals surface area contributed by atoms with Crippen molar-refractivity contribution in [2.75, 3.05) is 39.9 Å². The maximum absolute atomic E-state index is 5.28. The van der Waals surface area contributed by atoms with Gasteiger partial charge in [0.15, 0.2) is 0 Å². The lowest BCUT2D eigenvalue weighted by atomic mass is 10.0. The molecule has 0 saturated carbocycles. The van der Waals surface area contributed by atoms with Gasteiger partial charge in [0.05, 0.1) is 6.61 Å².